The van der Waals surface area contributed by atoms with Crippen molar-refractivity contribution in [1.29, 1.82) is 5.26 Å². The van der Waals surface area contributed by atoms with Crippen LogP contribution in [0.5, 0.6) is 0 Å². The standard InChI is InChI=1S/C12H14BrN3O/c1-9(10-2-4-11(13)5-3-10)16-8-12(17)15-7-6-14/h2-5,9,16H,7-8H2,1H3,(H,15,17)/t9-/m0/s1. The molecule has 5 heteroatoms. The quantitative estimate of drug-likeness (QED) is 0.813. The molecular weight excluding hydrogens is 282 g/mol. The predicted molar refractivity (Wildman–Crippen MR) is 69.2 cm³/mol. The van der Waals surface area contributed by atoms with Crippen molar-refractivity contribution >= 4 is 21.8 Å². The van der Waals surface area contributed by atoms with Gasteiger partial charge in [0.15, 0.2) is 0 Å². The fourth-order valence-corrected chi connectivity index (χ4v) is 1.58. The number of nitrogens with one attached hydrogen (secondary N) is 2. The summed E-state index contributed by atoms with van der Waals surface area (Å²) >= 11 is 3.37. The maximum absolute atomic E-state index is 11.3. The minimum atomic E-state index is -0.171. The molecule has 0 aliphatic carbocycles. The van der Waals surface area contributed by atoms with Gasteiger partial charge in [-0.05, 0) is 24.6 Å². The van der Waals surface area contributed by atoms with Crippen molar-refractivity contribution < 1.29 is 4.79 Å². The van der Waals surface area contributed by atoms with Crippen LogP contribution >= 0.6 is 15.9 Å². The summed E-state index contributed by atoms with van der Waals surface area (Å²) in [6.07, 6.45) is 0. The van der Waals surface area contributed by atoms with E-state index >= 15 is 0 Å². The summed E-state index contributed by atoms with van der Waals surface area (Å²) in [6, 6.07) is 9.87. The van der Waals surface area contributed by atoms with Gasteiger partial charge in [-0.3, -0.25) is 4.79 Å². The van der Waals surface area contributed by atoms with Gasteiger partial charge in [-0.2, -0.15) is 5.26 Å². The van der Waals surface area contributed by atoms with Crippen LogP contribution in [0.25, 0.3) is 0 Å². The third-order valence-electron chi connectivity index (χ3n) is 2.30. The molecule has 90 valence electrons. The molecule has 0 aromatic heterocycles. The number of hydrogen-bond donors (Lipinski definition) is 2. The molecule has 0 aliphatic rings. The lowest BCUT2D eigenvalue weighted by molar-refractivity contribution is -0.120. The van der Waals surface area contributed by atoms with Crippen LogP contribution in [0.1, 0.15) is 18.5 Å². The molecule has 0 unspecified atom stereocenters. The number of benzene rings is 1. The van der Waals surface area contributed by atoms with Crippen molar-refractivity contribution in [3.63, 3.8) is 0 Å². The van der Waals surface area contributed by atoms with Crippen LogP contribution in [0.2, 0.25) is 0 Å². The fourth-order valence-electron chi connectivity index (χ4n) is 1.32. The SMILES string of the molecule is C[C@H](NCC(=O)NCC#N)c1ccc(Br)cc1. The van der Waals surface area contributed by atoms with Crippen LogP contribution in [0.15, 0.2) is 28.7 Å². The average Bonchev–Trinajstić information content (AvgIpc) is 2.34. The van der Waals surface area contributed by atoms with E-state index in [0.717, 1.165) is 10.0 Å². The van der Waals surface area contributed by atoms with Gasteiger partial charge < -0.3 is 10.6 Å². The Kier molecular flexibility index (Phi) is 5.67. The third kappa shape index (κ3) is 4.98. The van der Waals surface area contributed by atoms with Gasteiger partial charge in [-0.25, -0.2) is 0 Å². The van der Waals surface area contributed by atoms with Crippen molar-refractivity contribution in [3.05, 3.63) is 34.3 Å². The van der Waals surface area contributed by atoms with Gasteiger partial charge in [-0.1, -0.05) is 28.1 Å². The van der Waals surface area contributed by atoms with E-state index in [4.69, 9.17) is 5.26 Å². The first-order chi connectivity index (χ1) is 8.13. The van der Waals surface area contributed by atoms with Crippen molar-refractivity contribution in [2.75, 3.05) is 13.1 Å². The van der Waals surface area contributed by atoms with Gasteiger partial charge in [0, 0.05) is 10.5 Å². The van der Waals surface area contributed by atoms with E-state index in [9.17, 15) is 4.79 Å². The second-order valence-electron chi connectivity index (χ2n) is 3.59. The smallest absolute Gasteiger partial charge is 0.234 e. The molecule has 0 bridgehead atoms. The first-order valence-electron chi connectivity index (χ1n) is 5.26. The topological polar surface area (TPSA) is 64.9 Å². The first-order valence-corrected chi connectivity index (χ1v) is 6.05. The number of nitrogens with zero attached hydrogens (tertiary/aromatic N) is 1. The Morgan fingerprint density at radius 2 is 2.12 bits per heavy atom. The summed E-state index contributed by atoms with van der Waals surface area (Å²) < 4.78 is 1.03. The molecule has 2 N–H and O–H groups in total. The van der Waals surface area contributed by atoms with Crippen LogP contribution in [0.3, 0.4) is 0 Å². The molecule has 0 aliphatic heterocycles. The van der Waals surface area contributed by atoms with Crippen LogP contribution in [-0.2, 0) is 4.79 Å². The monoisotopic (exact) mass is 295 g/mol. The Labute approximate surface area is 109 Å². The highest BCUT2D eigenvalue weighted by atomic mass is 79.9. The number of rotatable bonds is 5. The molecule has 1 amide bonds. The average molecular weight is 296 g/mol. The van der Waals surface area contributed by atoms with Crippen molar-refractivity contribution in [2.24, 2.45) is 0 Å². The molecule has 0 spiro atoms. The summed E-state index contributed by atoms with van der Waals surface area (Å²) in [6.45, 7) is 2.24. The Balaban J connectivity index is 2.39. The summed E-state index contributed by atoms with van der Waals surface area (Å²) in [4.78, 5) is 11.3. The number of hydrogen-bond acceptors (Lipinski definition) is 3. The van der Waals surface area contributed by atoms with Gasteiger partial charge in [-0.15, -0.1) is 0 Å². The number of carbonyl (C=O) groups is 1. The highest BCUT2D eigenvalue weighted by Gasteiger charge is 2.06. The van der Waals surface area contributed by atoms with Crippen LogP contribution in [-0.4, -0.2) is 19.0 Å². The second kappa shape index (κ2) is 7.05. The van der Waals surface area contributed by atoms with E-state index in [1.165, 1.54) is 0 Å². The normalized spacial score (nSPS) is 11.6. The molecule has 4 nitrogen and oxygen atoms in total. The molecule has 1 rings (SSSR count). The van der Waals surface area contributed by atoms with Gasteiger partial charge in [0.25, 0.3) is 0 Å². The van der Waals surface area contributed by atoms with Crippen LogP contribution in [0, 0.1) is 11.3 Å². The Bertz CT molecular complexity index is 411. The molecule has 0 fully saturated rings. The van der Waals surface area contributed by atoms with Crippen molar-refractivity contribution in [1.82, 2.24) is 10.6 Å². The zero-order valence-corrected chi connectivity index (χ0v) is 11.1. The number of amides is 1. The van der Waals surface area contributed by atoms with Crippen molar-refractivity contribution in [3.8, 4) is 6.07 Å². The van der Waals surface area contributed by atoms with Crippen LogP contribution < -0.4 is 10.6 Å². The highest BCUT2D eigenvalue weighted by Crippen LogP contribution is 2.16. The lowest BCUT2D eigenvalue weighted by Crippen LogP contribution is -2.35. The molecule has 1 atom stereocenters. The van der Waals surface area contributed by atoms with E-state index in [2.05, 4.69) is 26.6 Å². The van der Waals surface area contributed by atoms with Gasteiger partial charge in [0.05, 0.1) is 12.6 Å². The largest absolute Gasteiger partial charge is 0.342 e. The van der Waals surface area contributed by atoms with E-state index in [1.54, 1.807) is 0 Å². The molecule has 0 saturated heterocycles. The minimum Gasteiger partial charge on any atom is -0.342 e. The zero-order valence-electron chi connectivity index (χ0n) is 9.53. The lowest BCUT2D eigenvalue weighted by Gasteiger charge is -2.13. The summed E-state index contributed by atoms with van der Waals surface area (Å²) in [5.41, 5.74) is 1.11. The number of halogens is 1. The molecule has 1 aromatic rings. The van der Waals surface area contributed by atoms with Gasteiger partial charge in [0.1, 0.15) is 6.54 Å². The van der Waals surface area contributed by atoms with E-state index in [1.807, 2.05) is 37.3 Å². The third-order valence-corrected chi connectivity index (χ3v) is 2.83. The Morgan fingerprint density at radius 1 is 1.47 bits per heavy atom. The maximum atomic E-state index is 11.3. The highest BCUT2D eigenvalue weighted by molar-refractivity contribution is 9.10. The van der Waals surface area contributed by atoms with E-state index in [0.29, 0.717) is 0 Å². The Hall–Kier alpha value is -1.38. The molecule has 0 radical (unpaired) electrons. The minimum absolute atomic E-state index is 0.0488. The van der Waals surface area contributed by atoms with Gasteiger partial charge in [0.2, 0.25) is 5.91 Å². The molecule has 1 aromatic carbocycles. The molecule has 0 saturated carbocycles. The zero-order chi connectivity index (χ0) is 12.7. The maximum Gasteiger partial charge on any atom is 0.234 e. The van der Waals surface area contributed by atoms with Gasteiger partial charge >= 0.3 is 0 Å². The van der Waals surface area contributed by atoms with E-state index in [-0.39, 0.29) is 25.0 Å². The van der Waals surface area contributed by atoms with E-state index < -0.39 is 0 Å². The fraction of sp³-hybridized carbons (Fsp3) is 0.333. The summed E-state index contributed by atoms with van der Waals surface area (Å²) in [7, 11) is 0. The molecule has 0 heterocycles. The summed E-state index contributed by atoms with van der Waals surface area (Å²) in [5.74, 6) is -0.171. The number of nitriles is 1. The second-order valence-corrected chi connectivity index (χ2v) is 4.50. The lowest BCUT2D eigenvalue weighted by atomic mass is 10.1. The summed E-state index contributed by atoms with van der Waals surface area (Å²) in [5, 5.41) is 13.9. The molecular formula is C12H14BrN3O. The van der Waals surface area contributed by atoms with Crippen LogP contribution in [0.4, 0.5) is 0 Å². The Morgan fingerprint density at radius 3 is 2.71 bits per heavy atom. The molecule has 17 heavy (non-hydrogen) atoms. The first kappa shape index (κ1) is 13.7. The predicted octanol–water partition coefficient (Wildman–Crippen LogP) is 1.74. The van der Waals surface area contributed by atoms with Crippen molar-refractivity contribution in [2.45, 2.75) is 13.0 Å². The number of carbonyl (C=O) groups excluding carboxylic acids is 1.